The largest absolute Gasteiger partial charge is 0.378 e. The van der Waals surface area contributed by atoms with Crippen molar-refractivity contribution in [1.29, 1.82) is 0 Å². The summed E-state index contributed by atoms with van der Waals surface area (Å²) < 4.78 is 5.14. The van der Waals surface area contributed by atoms with Crippen molar-refractivity contribution in [3.8, 4) is 0 Å². The molecule has 0 radical (unpaired) electrons. The van der Waals surface area contributed by atoms with Crippen LogP contribution in [0.4, 0.5) is 5.13 Å². The first-order valence-electron chi connectivity index (χ1n) is 5.77. The summed E-state index contributed by atoms with van der Waals surface area (Å²) in [4.78, 5) is 8.16. The van der Waals surface area contributed by atoms with Crippen molar-refractivity contribution >= 4 is 16.5 Å². The summed E-state index contributed by atoms with van der Waals surface area (Å²) in [5.74, 6) is 0. The molecule has 0 amide bonds. The van der Waals surface area contributed by atoms with Gasteiger partial charge in [-0.1, -0.05) is 0 Å². The lowest BCUT2D eigenvalue weighted by Gasteiger charge is -2.25. The summed E-state index contributed by atoms with van der Waals surface area (Å²) in [6.07, 6.45) is 3.89. The number of aromatic nitrogens is 1. The van der Waals surface area contributed by atoms with E-state index < -0.39 is 0 Å². The molecule has 1 aliphatic rings. The van der Waals surface area contributed by atoms with Crippen LogP contribution in [0.2, 0.25) is 0 Å². The summed E-state index contributed by atoms with van der Waals surface area (Å²) in [5, 5.41) is 1.12. The van der Waals surface area contributed by atoms with E-state index in [4.69, 9.17) is 10.5 Å². The normalized spacial score (nSPS) is 16.8. The van der Waals surface area contributed by atoms with E-state index in [1.807, 2.05) is 0 Å². The van der Waals surface area contributed by atoms with Gasteiger partial charge in [-0.05, 0) is 19.3 Å². The first kappa shape index (κ1) is 11.8. The summed E-state index contributed by atoms with van der Waals surface area (Å²) in [7, 11) is 1.69. The molecule has 4 nitrogen and oxygen atoms in total. The molecule has 0 spiro atoms. The number of piperidine rings is 1. The highest BCUT2D eigenvalue weighted by Crippen LogP contribution is 2.28. The van der Waals surface area contributed by atoms with E-state index >= 15 is 0 Å². The van der Waals surface area contributed by atoms with E-state index in [9.17, 15) is 0 Å². The molecule has 5 heteroatoms. The average Bonchev–Trinajstić information content (AvgIpc) is 2.74. The predicted molar refractivity (Wildman–Crippen MR) is 66.8 cm³/mol. The van der Waals surface area contributed by atoms with Crippen molar-refractivity contribution in [3.63, 3.8) is 0 Å². The summed E-state index contributed by atoms with van der Waals surface area (Å²) >= 11 is 1.72. The van der Waals surface area contributed by atoms with Crippen LogP contribution >= 0.6 is 11.3 Å². The van der Waals surface area contributed by atoms with Gasteiger partial charge in [-0.3, -0.25) is 0 Å². The number of rotatable bonds is 4. The number of hydrogen-bond acceptors (Lipinski definition) is 5. The fourth-order valence-corrected chi connectivity index (χ4v) is 2.99. The van der Waals surface area contributed by atoms with Crippen molar-refractivity contribution < 1.29 is 4.74 Å². The topological polar surface area (TPSA) is 51.4 Å². The summed E-state index contributed by atoms with van der Waals surface area (Å²) in [5.41, 5.74) is 6.73. The Balaban J connectivity index is 2.14. The van der Waals surface area contributed by atoms with E-state index in [1.54, 1.807) is 18.4 Å². The smallest absolute Gasteiger partial charge is 0.185 e. The van der Waals surface area contributed by atoms with Crippen molar-refractivity contribution in [3.05, 3.63) is 10.6 Å². The predicted octanol–water partition coefficient (Wildman–Crippen LogP) is 1.74. The van der Waals surface area contributed by atoms with Gasteiger partial charge in [-0.15, -0.1) is 11.3 Å². The molecule has 1 aliphatic heterocycles. The number of nitrogens with zero attached hydrogens (tertiary/aromatic N) is 2. The lowest BCUT2D eigenvalue weighted by molar-refractivity contribution is 0.181. The minimum atomic E-state index is 0.560. The standard InChI is InChI=1S/C11H19N3OS/c1-15-8-9-10(7-12)16-11(13-9)14-5-3-2-4-6-14/h2-8,12H2,1H3. The molecule has 0 bridgehead atoms. The Morgan fingerprint density at radius 3 is 2.75 bits per heavy atom. The molecule has 2 heterocycles. The Morgan fingerprint density at radius 1 is 1.38 bits per heavy atom. The van der Waals surface area contributed by atoms with Gasteiger partial charge in [0, 0.05) is 31.6 Å². The first-order valence-corrected chi connectivity index (χ1v) is 6.59. The Morgan fingerprint density at radius 2 is 2.12 bits per heavy atom. The second-order valence-electron chi connectivity index (χ2n) is 4.05. The highest BCUT2D eigenvalue weighted by Gasteiger charge is 2.17. The first-order chi connectivity index (χ1) is 7.85. The zero-order valence-electron chi connectivity index (χ0n) is 9.74. The monoisotopic (exact) mass is 241 g/mol. The molecule has 0 saturated carbocycles. The molecular formula is C11H19N3OS. The van der Waals surface area contributed by atoms with Crippen molar-refractivity contribution in [2.75, 3.05) is 25.1 Å². The van der Waals surface area contributed by atoms with Crippen LogP contribution in [0.5, 0.6) is 0 Å². The third-order valence-corrected chi connectivity index (χ3v) is 4.04. The van der Waals surface area contributed by atoms with Crippen LogP contribution in [0.1, 0.15) is 29.8 Å². The highest BCUT2D eigenvalue weighted by atomic mass is 32.1. The Labute approximate surface area is 100 Å². The SMILES string of the molecule is COCc1nc(N2CCCCC2)sc1CN. The molecule has 16 heavy (non-hydrogen) atoms. The maximum absolute atomic E-state index is 5.72. The average molecular weight is 241 g/mol. The molecule has 0 aliphatic carbocycles. The molecular weight excluding hydrogens is 222 g/mol. The van der Waals surface area contributed by atoms with Gasteiger partial charge in [0.15, 0.2) is 5.13 Å². The molecule has 90 valence electrons. The van der Waals surface area contributed by atoms with Crippen molar-refractivity contribution in [2.24, 2.45) is 5.73 Å². The maximum Gasteiger partial charge on any atom is 0.185 e. The molecule has 0 aromatic carbocycles. The second kappa shape index (κ2) is 5.61. The van der Waals surface area contributed by atoms with E-state index in [2.05, 4.69) is 9.88 Å². The van der Waals surface area contributed by atoms with Crippen LogP contribution in [-0.4, -0.2) is 25.2 Å². The van der Waals surface area contributed by atoms with Gasteiger partial charge in [-0.2, -0.15) is 0 Å². The Hall–Kier alpha value is -0.650. The summed E-state index contributed by atoms with van der Waals surface area (Å²) in [6, 6.07) is 0. The van der Waals surface area contributed by atoms with E-state index in [1.165, 1.54) is 19.3 Å². The van der Waals surface area contributed by atoms with Gasteiger partial charge in [-0.25, -0.2) is 4.98 Å². The third-order valence-electron chi connectivity index (χ3n) is 2.86. The van der Waals surface area contributed by atoms with E-state index in [0.717, 1.165) is 28.8 Å². The Kier molecular flexibility index (Phi) is 4.15. The zero-order valence-corrected chi connectivity index (χ0v) is 10.6. The molecule has 2 N–H and O–H groups in total. The highest BCUT2D eigenvalue weighted by molar-refractivity contribution is 7.15. The van der Waals surface area contributed by atoms with Gasteiger partial charge in [0.25, 0.3) is 0 Å². The molecule has 1 fully saturated rings. The molecule has 0 unspecified atom stereocenters. The van der Waals surface area contributed by atoms with Crippen molar-refractivity contribution in [2.45, 2.75) is 32.4 Å². The van der Waals surface area contributed by atoms with Crippen LogP contribution < -0.4 is 10.6 Å². The fraction of sp³-hybridized carbons (Fsp3) is 0.727. The number of ether oxygens (including phenoxy) is 1. The van der Waals surface area contributed by atoms with Crippen molar-refractivity contribution in [1.82, 2.24) is 4.98 Å². The zero-order chi connectivity index (χ0) is 11.4. The van der Waals surface area contributed by atoms with Crippen LogP contribution in [0.15, 0.2) is 0 Å². The number of thiazole rings is 1. The fourth-order valence-electron chi connectivity index (χ4n) is 2.00. The van der Waals surface area contributed by atoms with E-state index in [0.29, 0.717) is 13.2 Å². The van der Waals surface area contributed by atoms with Crippen LogP contribution in [0.3, 0.4) is 0 Å². The Bertz CT molecular complexity index is 334. The van der Waals surface area contributed by atoms with Gasteiger partial charge in [0.2, 0.25) is 0 Å². The van der Waals surface area contributed by atoms with Crippen LogP contribution in [-0.2, 0) is 17.9 Å². The second-order valence-corrected chi connectivity index (χ2v) is 5.11. The number of methoxy groups -OCH3 is 1. The summed E-state index contributed by atoms with van der Waals surface area (Å²) in [6.45, 7) is 3.38. The third kappa shape index (κ3) is 2.53. The van der Waals surface area contributed by atoms with Crippen LogP contribution in [0.25, 0.3) is 0 Å². The van der Waals surface area contributed by atoms with Crippen LogP contribution in [0, 0.1) is 0 Å². The molecule has 0 atom stereocenters. The lowest BCUT2D eigenvalue weighted by atomic mass is 10.1. The van der Waals surface area contributed by atoms with Gasteiger partial charge >= 0.3 is 0 Å². The van der Waals surface area contributed by atoms with Gasteiger partial charge in [0.05, 0.1) is 12.3 Å². The molecule has 1 aromatic rings. The molecule has 1 saturated heterocycles. The van der Waals surface area contributed by atoms with Gasteiger partial charge < -0.3 is 15.4 Å². The minimum Gasteiger partial charge on any atom is -0.378 e. The molecule has 1 aromatic heterocycles. The van der Waals surface area contributed by atoms with Gasteiger partial charge in [0.1, 0.15) is 0 Å². The quantitative estimate of drug-likeness (QED) is 0.872. The number of nitrogens with two attached hydrogens (primary N) is 1. The molecule has 2 rings (SSSR count). The van der Waals surface area contributed by atoms with E-state index in [-0.39, 0.29) is 0 Å². The number of hydrogen-bond donors (Lipinski definition) is 1. The maximum atomic E-state index is 5.72. The minimum absolute atomic E-state index is 0.560. The number of anilines is 1. The lowest BCUT2D eigenvalue weighted by Crippen LogP contribution is -2.29.